The predicted molar refractivity (Wildman–Crippen MR) is 55.7 cm³/mol. The first-order chi connectivity index (χ1) is 7.50. The van der Waals surface area contributed by atoms with Crippen LogP contribution in [0.4, 0.5) is 8.78 Å². The van der Waals surface area contributed by atoms with Crippen molar-refractivity contribution in [3.05, 3.63) is 29.8 Å². The summed E-state index contributed by atoms with van der Waals surface area (Å²) < 4.78 is 28.4. The first-order valence-electron chi connectivity index (χ1n) is 4.83. The van der Waals surface area contributed by atoms with Gasteiger partial charge in [0.1, 0.15) is 5.75 Å². The molecule has 0 radical (unpaired) electrons. The Morgan fingerprint density at radius 1 is 1.44 bits per heavy atom. The molecule has 16 heavy (non-hydrogen) atoms. The number of para-hydroxylation sites is 1. The smallest absolute Gasteiger partial charge is 0.387 e. The van der Waals surface area contributed by atoms with E-state index in [1.807, 2.05) is 0 Å². The standard InChI is InChI=1S/C11H13F2NO2/c1-7(14)6-9(15)8-4-2-3-5-10(8)16-11(12)13/h2-5,7,11H,6,14H2,1H3. The van der Waals surface area contributed by atoms with E-state index >= 15 is 0 Å². The van der Waals surface area contributed by atoms with Crippen LogP contribution in [0.2, 0.25) is 0 Å². The molecule has 0 aliphatic heterocycles. The fraction of sp³-hybridized carbons (Fsp3) is 0.364. The van der Waals surface area contributed by atoms with Crippen LogP contribution in [-0.4, -0.2) is 18.4 Å². The second kappa shape index (κ2) is 5.55. The van der Waals surface area contributed by atoms with Gasteiger partial charge >= 0.3 is 6.61 Å². The summed E-state index contributed by atoms with van der Waals surface area (Å²) in [5.74, 6) is -0.408. The molecule has 0 fully saturated rings. The highest BCUT2D eigenvalue weighted by Crippen LogP contribution is 2.21. The van der Waals surface area contributed by atoms with Crippen LogP contribution in [0.3, 0.4) is 0 Å². The van der Waals surface area contributed by atoms with E-state index < -0.39 is 6.61 Å². The average molecular weight is 229 g/mol. The molecule has 1 unspecified atom stereocenters. The molecule has 0 saturated carbocycles. The van der Waals surface area contributed by atoms with Gasteiger partial charge in [-0.15, -0.1) is 0 Å². The molecule has 0 heterocycles. The summed E-state index contributed by atoms with van der Waals surface area (Å²) in [6.07, 6.45) is 0.101. The lowest BCUT2D eigenvalue weighted by Crippen LogP contribution is -2.20. The van der Waals surface area contributed by atoms with Gasteiger partial charge in [-0.05, 0) is 19.1 Å². The zero-order chi connectivity index (χ0) is 12.1. The van der Waals surface area contributed by atoms with Crippen LogP contribution in [0, 0.1) is 0 Å². The molecular weight excluding hydrogens is 216 g/mol. The third-order valence-electron chi connectivity index (χ3n) is 1.91. The lowest BCUT2D eigenvalue weighted by Gasteiger charge is -2.10. The quantitative estimate of drug-likeness (QED) is 0.787. The fourth-order valence-electron chi connectivity index (χ4n) is 1.30. The maximum Gasteiger partial charge on any atom is 0.387 e. The number of carbonyl (C=O) groups excluding carboxylic acids is 1. The number of carbonyl (C=O) groups is 1. The summed E-state index contributed by atoms with van der Waals surface area (Å²) in [7, 11) is 0. The minimum Gasteiger partial charge on any atom is -0.434 e. The van der Waals surface area contributed by atoms with Crippen molar-refractivity contribution in [1.29, 1.82) is 0 Å². The predicted octanol–water partition coefficient (Wildman–Crippen LogP) is 2.21. The zero-order valence-corrected chi connectivity index (χ0v) is 8.82. The molecule has 1 rings (SSSR count). The number of rotatable bonds is 5. The van der Waals surface area contributed by atoms with Crippen LogP contribution in [0.1, 0.15) is 23.7 Å². The average Bonchev–Trinajstić information content (AvgIpc) is 2.16. The fourth-order valence-corrected chi connectivity index (χ4v) is 1.30. The Morgan fingerprint density at radius 3 is 2.62 bits per heavy atom. The Morgan fingerprint density at radius 2 is 2.06 bits per heavy atom. The van der Waals surface area contributed by atoms with E-state index in [4.69, 9.17) is 5.73 Å². The molecule has 1 atom stereocenters. The molecule has 0 spiro atoms. The van der Waals surface area contributed by atoms with Crippen molar-refractivity contribution in [2.45, 2.75) is 26.0 Å². The van der Waals surface area contributed by atoms with Crippen molar-refractivity contribution in [2.24, 2.45) is 5.73 Å². The minimum absolute atomic E-state index is 0.101. The maximum atomic E-state index is 12.1. The Kier molecular flexibility index (Phi) is 4.37. The number of ketones is 1. The first kappa shape index (κ1) is 12.6. The van der Waals surface area contributed by atoms with Gasteiger partial charge in [0.05, 0.1) is 5.56 Å². The van der Waals surface area contributed by atoms with E-state index in [1.165, 1.54) is 18.2 Å². The highest BCUT2D eigenvalue weighted by Gasteiger charge is 2.15. The molecule has 0 saturated heterocycles. The van der Waals surface area contributed by atoms with E-state index in [0.717, 1.165) is 0 Å². The van der Waals surface area contributed by atoms with Crippen molar-refractivity contribution in [1.82, 2.24) is 0 Å². The van der Waals surface area contributed by atoms with Crippen LogP contribution in [0.25, 0.3) is 0 Å². The number of hydrogen-bond donors (Lipinski definition) is 1. The number of benzene rings is 1. The number of nitrogens with two attached hydrogens (primary N) is 1. The number of ether oxygens (including phenoxy) is 1. The van der Waals surface area contributed by atoms with Crippen LogP contribution in [-0.2, 0) is 0 Å². The largest absolute Gasteiger partial charge is 0.434 e. The molecule has 1 aromatic rings. The summed E-state index contributed by atoms with van der Waals surface area (Å²) in [6, 6.07) is 5.59. The molecule has 0 amide bonds. The van der Waals surface area contributed by atoms with E-state index in [9.17, 15) is 13.6 Å². The summed E-state index contributed by atoms with van der Waals surface area (Å²) in [4.78, 5) is 11.7. The van der Waals surface area contributed by atoms with E-state index in [-0.39, 0.29) is 29.6 Å². The van der Waals surface area contributed by atoms with Gasteiger partial charge in [-0.25, -0.2) is 0 Å². The number of hydrogen-bond acceptors (Lipinski definition) is 3. The van der Waals surface area contributed by atoms with Crippen LogP contribution >= 0.6 is 0 Å². The third kappa shape index (κ3) is 3.58. The van der Waals surface area contributed by atoms with Gasteiger partial charge < -0.3 is 10.5 Å². The molecule has 5 heteroatoms. The maximum absolute atomic E-state index is 12.1. The van der Waals surface area contributed by atoms with Crippen molar-refractivity contribution < 1.29 is 18.3 Å². The van der Waals surface area contributed by atoms with Crippen molar-refractivity contribution >= 4 is 5.78 Å². The molecule has 88 valence electrons. The third-order valence-corrected chi connectivity index (χ3v) is 1.91. The van der Waals surface area contributed by atoms with Crippen LogP contribution in [0.15, 0.2) is 24.3 Å². The molecule has 3 nitrogen and oxygen atoms in total. The van der Waals surface area contributed by atoms with E-state index in [2.05, 4.69) is 4.74 Å². The highest BCUT2D eigenvalue weighted by atomic mass is 19.3. The number of Topliss-reactive ketones (excluding diaryl/α,β-unsaturated/α-hetero) is 1. The van der Waals surface area contributed by atoms with Crippen LogP contribution < -0.4 is 10.5 Å². The number of alkyl halides is 2. The summed E-state index contributed by atoms with van der Waals surface area (Å²) in [5.41, 5.74) is 5.61. The molecule has 2 N–H and O–H groups in total. The molecule has 0 aliphatic rings. The van der Waals surface area contributed by atoms with Gasteiger partial charge in [-0.1, -0.05) is 12.1 Å². The van der Waals surface area contributed by atoms with Crippen molar-refractivity contribution in [3.8, 4) is 5.75 Å². The van der Waals surface area contributed by atoms with Gasteiger partial charge in [0, 0.05) is 12.5 Å². The Bertz CT molecular complexity index is 367. The topological polar surface area (TPSA) is 52.3 Å². The Hall–Kier alpha value is -1.49. The highest BCUT2D eigenvalue weighted by molar-refractivity contribution is 5.98. The van der Waals surface area contributed by atoms with Gasteiger partial charge in [0.15, 0.2) is 5.78 Å². The van der Waals surface area contributed by atoms with E-state index in [1.54, 1.807) is 13.0 Å². The van der Waals surface area contributed by atoms with E-state index in [0.29, 0.717) is 0 Å². The molecule has 1 aromatic carbocycles. The van der Waals surface area contributed by atoms with Crippen molar-refractivity contribution in [2.75, 3.05) is 0 Å². The van der Waals surface area contributed by atoms with Crippen molar-refractivity contribution in [3.63, 3.8) is 0 Å². The Labute approximate surface area is 92.2 Å². The molecule has 0 aromatic heterocycles. The van der Waals surface area contributed by atoms with Gasteiger partial charge in [-0.2, -0.15) is 8.78 Å². The van der Waals surface area contributed by atoms with Crippen LogP contribution in [0.5, 0.6) is 5.75 Å². The van der Waals surface area contributed by atoms with Gasteiger partial charge in [0.25, 0.3) is 0 Å². The minimum atomic E-state index is -2.94. The zero-order valence-electron chi connectivity index (χ0n) is 8.82. The summed E-state index contributed by atoms with van der Waals surface area (Å²) in [6.45, 7) is -1.27. The molecular formula is C11H13F2NO2. The summed E-state index contributed by atoms with van der Waals surface area (Å²) >= 11 is 0. The molecule has 0 aliphatic carbocycles. The van der Waals surface area contributed by atoms with Gasteiger partial charge in [0.2, 0.25) is 0 Å². The second-order valence-electron chi connectivity index (χ2n) is 3.48. The monoisotopic (exact) mass is 229 g/mol. The molecule has 0 bridgehead atoms. The summed E-state index contributed by atoms with van der Waals surface area (Å²) in [5, 5.41) is 0. The SMILES string of the molecule is CC(N)CC(=O)c1ccccc1OC(F)F. The number of halogens is 2. The lowest BCUT2D eigenvalue weighted by atomic mass is 10.0. The first-order valence-corrected chi connectivity index (χ1v) is 4.83. The second-order valence-corrected chi connectivity index (χ2v) is 3.48. The Balaban J connectivity index is 2.89. The van der Waals surface area contributed by atoms with Gasteiger partial charge in [-0.3, -0.25) is 4.79 Å². The lowest BCUT2D eigenvalue weighted by molar-refractivity contribution is -0.0501. The normalized spacial score (nSPS) is 12.6.